The largest absolute Gasteiger partial charge is 0.444 e. The normalized spacial score (nSPS) is 31.2. The van der Waals surface area contributed by atoms with Gasteiger partial charge in [-0.3, -0.25) is 4.57 Å². The molecule has 2 heterocycles. The molecule has 1 amide bonds. The fraction of sp³-hybridized carbons (Fsp3) is 0.556. The van der Waals surface area contributed by atoms with Gasteiger partial charge in [-0.05, 0) is 45.6 Å². The van der Waals surface area contributed by atoms with Crippen molar-refractivity contribution in [2.24, 2.45) is 0 Å². The molecule has 0 bridgehead atoms. The minimum Gasteiger partial charge on any atom is -0.444 e. The standard InChI is InChI=1S/C18H21ClF3N3O3/c1-17(2,3)28-16(27)24-6-4-10(5-7-24)25-14-8-11(18(20,21)22)12(19)9-13(14)23-15(25)26/h8-10H,4-7H2,1-3H3,(H,23,26)/i4D2,5D2,6D2,7D2,8D,9D,10D/hD. The number of likely N-dealkylation sites (tertiary alicyclic amines) is 1. The number of piperidine rings is 1. The number of nitrogens with one attached hydrogen (secondary N) is 1. The van der Waals surface area contributed by atoms with Crippen LogP contribution >= 0.6 is 11.6 Å². The van der Waals surface area contributed by atoms with Crippen LogP contribution in [0.4, 0.5) is 18.0 Å². The molecule has 6 nitrogen and oxygen atoms in total. The molecule has 0 radical (unpaired) electrons. The molecular weight excluding hydrogens is 399 g/mol. The Bertz CT molecular complexity index is 1450. The minimum atomic E-state index is -5.49. The summed E-state index contributed by atoms with van der Waals surface area (Å²) in [6.45, 7) is -4.30. The molecule has 28 heavy (non-hydrogen) atoms. The van der Waals surface area contributed by atoms with E-state index in [9.17, 15) is 22.8 Å². The number of ether oxygens (including phenoxy) is 1. The Morgan fingerprint density at radius 1 is 1.39 bits per heavy atom. The van der Waals surface area contributed by atoms with Gasteiger partial charge in [-0.2, -0.15) is 13.2 Å². The summed E-state index contributed by atoms with van der Waals surface area (Å²) in [7, 11) is 0. The number of aromatic nitrogens is 2. The predicted molar refractivity (Wildman–Crippen MR) is 98.6 cm³/mol. The lowest BCUT2D eigenvalue weighted by molar-refractivity contribution is -0.137. The molecule has 154 valence electrons. The van der Waals surface area contributed by atoms with Crippen LogP contribution in [0, 0.1) is 0 Å². The molecule has 2 aromatic rings. The van der Waals surface area contributed by atoms with Crippen LogP contribution in [0.25, 0.3) is 11.0 Å². The van der Waals surface area contributed by atoms with Gasteiger partial charge >= 0.3 is 18.0 Å². The zero-order valence-electron chi connectivity index (χ0n) is 26.6. The molecule has 10 heteroatoms. The van der Waals surface area contributed by atoms with Crippen molar-refractivity contribution in [3.05, 3.63) is 33.2 Å². The summed E-state index contributed by atoms with van der Waals surface area (Å²) in [5.74, 6) is 0. The van der Waals surface area contributed by atoms with E-state index in [0.29, 0.717) is 0 Å². The fourth-order valence-corrected chi connectivity index (χ4v) is 2.38. The lowest BCUT2D eigenvalue weighted by Gasteiger charge is -2.33. The molecule has 0 spiro atoms. The maximum absolute atomic E-state index is 13.8. The average Bonchev–Trinajstić information content (AvgIpc) is 2.99. The number of nitrogens with zero attached hydrogens (tertiary/aromatic N) is 2. The first kappa shape index (κ1) is 10.0. The molecule has 0 unspecified atom stereocenters. The van der Waals surface area contributed by atoms with E-state index >= 15 is 0 Å². The molecule has 1 N–H and O–H groups in total. The number of H-pyrrole nitrogens is 1. The molecule has 1 saturated heterocycles. The van der Waals surface area contributed by atoms with E-state index in [2.05, 4.69) is 0 Å². The SMILES string of the molecule is [2H]c1c(Cl)c(C(F)(F)F)c([2H])c2c1n([2H])c(=O)n2C1([2H])C([2H])([2H])C([2H])([2H])N(C(=O)OC(C)(C)C)C([2H])([2H])C1([2H])[2H]. The summed E-state index contributed by atoms with van der Waals surface area (Å²) in [6.07, 6.45) is -15.8. The average molecular weight is 432 g/mol. The van der Waals surface area contributed by atoms with E-state index in [1.807, 2.05) is 0 Å². The Balaban J connectivity index is 2.59. The highest BCUT2D eigenvalue weighted by Crippen LogP contribution is 2.37. The van der Waals surface area contributed by atoms with Crippen molar-refractivity contribution < 1.29 is 39.2 Å². The molecule has 0 aliphatic carbocycles. The Kier molecular flexibility index (Phi) is 2.52. The first-order chi connectivity index (χ1) is 17.5. The van der Waals surface area contributed by atoms with E-state index in [4.69, 9.17) is 32.8 Å². The van der Waals surface area contributed by atoms with Gasteiger partial charge in [0, 0.05) is 30.0 Å². The Morgan fingerprint density at radius 3 is 2.54 bits per heavy atom. The van der Waals surface area contributed by atoms with Crippen LogP contribution < -0.4 is 5.69 Å². The van der Waals surface area contributed by atoms with E-state index in [1.165, 1.54) is 20.8 Å². The number of halogens is 4. The highest BCUT2D eigenvalue weighted by atomic mass is 35.5. The highest BCUT2D eigenvalue weighted by Gasteiger charge is 2.35. The Hall–Kier alpha value is -2.16. The number of alkyl halides is 3. The highest BCUT2D eigenvalue weighted by molar-refractivity contribution is 6.32. The molecule has 3 rings (SSSR count). The van der Waals surface area contributed by atoms with Gasteiger partial charge in [0.15, 0.2) is 1.41 Å². The van der Waals surface area contributed by atoms with E-state index in [1.54, 1.807) is 0 Å². The first-order valence-corrected chi connectivity index (χ1v) is 7.99. The van der Waals surface area contributed by atoms with Gasteiger partial charge in [-0.15, -0.1) is 0 Å². The van der Waals surface area contributed by atoms with Crippen LogP contribution in [0.15, 0.2) is 16.9 Å². The lowest BCUT2D eigenvalue weighted by Crippen LogP contribution is -2.43. The summed E-state index contributed by atoms with van der Waals surface area (Å²) in [5.41, 5.74) is -8.23. The predicted octanol–water partition coefficient (Wildman–Crippen LogP) is 4.57. The van der Waals surface area contributed by atoms with E-state index in [-0.39, 0.29) is 4.98 Å². The number of carbonyl (C=O) groups excluding carboxylic acids is 1. The quantitative estimate of drug-likeness (QED) is 0.719. The van der Waals surface area contributed by atoms with Gasteiger partial charge in [-0.25, -0.2) is 9.59 Å². The number of aromatic amines is 1. The van der Waals surface area contributed by atoms with Crippen LogP contribution in [0.3, 0.4) is 0 Å². The summed E-state index contributed by atoms with van der Waals surface area (Å²) in [4.78, 5) is 25.1. The maximum Gasteiger partial charge on any atom is 0.417 e. The van der Waals surface area contributed by atoms with Gasteiger partial charge in [-0.1, -0.05) is 11.6 Å². The second-order valence-corrected chi connectivity index (χ2v) is 6.88. The summed E-state index contributed by atoms with van der Waals surface area (Å²) >= 11 is 5.62. The van der Waals surface area contributed by atoms with Gasteiger partial charge in [0.05, 0.1) is 25.7 Å². The molecule has 0 atom stereocenters. The van der Waals surface area contributed by atoms with Crippen molar-refractivity contribution in [1.29, 1.82) is 0 Å². The first-order valence-electron chi connectivity index (χ1n) is 13.6. The van der Waals surface area contributed by atoms with Crippen molar-refractivity contribution in [3.63, 3.8) is 0 Å². The molecule has 1 aromatic carbocycles. The fourth-order valence-electron chi connectivity index (χ4n) is 2.13. The van der Waals surface area contributed by atoms with E-state index < -0.39 is 98.5 Å². The van der Waals surface area contributed by atoms with Crippen molar-refractivity contribution in [2.45, 2.75) is 51.3 Å². The van der Waals surface area contributed by atoms with Gasteiger partial charge < -0.3 is 14.6 Å². The van der Waals surface area contributed by atoms with Crippen LogP contribution in [-0.2, 0) is 10.9 Å². The third-order valence-corrected chi connectivity index (χ3v) is 3.48. The van der Waals surface area contributed by atoms with Gasteiger partial charge in [0.2, 0.25) is 0 Å². The van der Waals surface area contributed by atoms with Crippen molar-refractivity contribution in [3.8, 4) is 0 Å². The number of hydrogen-bond acceptors (Lipinski definition) is 3. The zero-order chi connectivity index (χ0) is 31.6. The molecule has 1 aromatic heterocycles. The number of hydrogen-bond donors (Lipinski definition) is 1. The summed E-state index contributed by atoms with van der Waals surface area (Å²) in [5, 5.41) is -1.45. The summed E-state index contributed by atoms with van der Waals surface area (Å²) in [6, 6.07) is -7.44. The molecule has 1 aliphatic heterocycles. The molecule has 0 saturated carbocycles. The third kappa shape index (κ3) is 4.14. The smallest absolute Gasteiger partial charge is 0.417 e. The molecule has 1 fully saturated rings. The van der Waals surface area contributed by atoms with Crippen LogP contribution in [-0.4, -0.2) is 39.1 Å². The zero-order valence-corrected chi connectivity index (χ0v) is 15.3. The van der Waals surface area contributed by atoms with Crippen molar-refractivity contribution >= 4 is 28.7 Å². The second-order valence-electron chi connectivity index (χ2n) is 6.50. The lowest BCUT2D eigenvalue weighted by atomic mass is 10.0. The van der Waals surface area contributed by atoms with E-state index in [0.717, 1.165) is 0 Å². The van der Waals surface area contributed by atoms with Crippen LogP contribution in [0.2, 0.25) is 6.43 Å². The molecule has 1 aliphatic rings. The number of imidazole rings is 1. The van der Waals surface area contributed by atoms with Gasteiger partial charge in [0.1, 0.15) is 5.60 Å². The van der Waals surface area contributed by atoms with Crippen LogP contribution in [0.5, 0.6) is 0 Å². The number of fused-ring (bicyclic) bond motifs is 1. The number of rotatable bonds is 1. The minimum absolute atomic E-state index is 0.366. The number of carbonyl (C=O) groups is 1. The monoisotopic (exact) mass is 431 g/mol. The van der Waals surface area contributed by atoms with Gasteiger partial charge in [0.25, 0.3) is 0 Å². The number of benzene rings is 1. The summed E-state index contributed by atoms with van der Waals surface area (Å²) < 4.78 is 146. The third-order valence-electron chi connectivity index (χ3n) is 3.19. The molecular formula is C18H21ClF3N3O3. The van der Waals surface area contributed by atoms with Crippen molar-refractivity contribution in [1.82, 2.24) is 14.4 Å². The second kappa shape index (κ2) is 7.02. The van der Waals surface area contributed by atoms with Crippen molar-refractivity contribution in [2.75, 3.05) is 13.0 Å². The Labute approximate surface area is 181 Å². The van der Waals surface area contributed by atoms with Crippen LogP contribution in [0.1, 0.15) is 60.2 Å². The Morgan fingerprint density at radius 2 is 2.00 bits per heavy atom. The number of amides is 1. The topological polar surface area (TPSA) is 67.3 Å². The maximum atomic E-state index is 13.8.